The first-order valence-electron chi connectivity index (χ1n) is 7.38. The van der Waals surface area contributed by atoms with Gasteiger partial charge in [-0.05, 0) is 19.8 Å². The minimum Gasteiger partial charge on any atom is -0.342 e. The molecule has 1 fully saturated rings. The fourth-order valence-corrected chi connectivity index (χ4v) is 2.71. The maximum absolute atomic E-state index is 12.5. The Labute approximate surface area is 121 Å². The van der Waals surface area contributed by atoms with Gasteiger partial charge in [0.25, 0.3) is 0 Å². The van der Waals surface area contributed by atoms with Gasteiger partial charge in [0.2, 0.25) is 5.91 Å². The lowest BCUT2D eigenvalue weighted by atomic mass is 9.89. The van der Waals surface area contributed by atoms with Crippen LogP contribution in [0.3, 0.4) is 0 Å². The Bertz CT molecular complexity index is 490. The molecule has 1 aromatic rings. The Kier molecular flexibility index (Phi) is 4.58. The average Bonchev–Trinajstić information content (AvgIpc) is 2.46. The summed E-state index contributed by atoms with van der Waals surface area (Å²) in [4.78, 5) is 26.4. The lowest BCUT2D eigenvalue weighted by Gasteiger charge is -2.33. The van der Waals surface area contributed by atoms with Crippen molar-refractivity contribution in [3.05, 3.63) is 35.4 Å². The molecule has 0 bridgehead atoms. The number of likely N-dealkylation sites (tertiary alicyclic amines) is 1. The van der Waals surface area contributed by atoms with Gasteiger partial charge in [-0.2, -0.15) is 0 Å². The van der Waals surface area contributed by atoms with E-state index in [9.17, 15) is 9.59 Å². The molecule has 0 spiro atoms. The van der Waals surface area contributed by atoms with Gasteiger partial charge in [-0.15, -0.1) is 0 Å². The van der Waals surface area contributed by atoms with E-state index in [0.717, 1.165) is 30.5 Å². The number of hydrogen-bond acceptors (Lipinski definition) is 2. The topological polar surface area (TPSA) is 37.4 Å². The van der Waals surface area contributed by atoms with Gasteiger partial charge in [-0.1, -0.05) is 43.7 Å². The molecule has 0 aromatic heterocycles. The highest BCUT2D eigenvalue weighted by molar-refractivity contribution is 5.98. The number of carbonyl (C=O) groups excluding carboxylic acids is 2. The molecule has 1 amide bonds. The van der Waals surface area contributed by atoms with E-state index in [4.69, 9.17) is 0 Å². The van der Waals surface area contributed by atoms with E-state index >= 15 is 0 Å². The van der Waals surface area contributed by atoms with Crippen LogP contribution in [-0.4, -0.2) is 29.7 Å². The molecule has 1 saturated heterocycles. The summed E-state index contributed by atoms with van der Waals surface area (Å²) < 4.78 is 0. The largest absolute Gasteiger partial charge is 0.342 e. The van der Waals surface area contributed by atoms with Crippen LogP contribution >= 0.6 is 0 Å². The number of ketones is 1. The second kappa shape index (κ2) is 6.21. The summed E-state index contributed by atoms with van der Waals surface area (Å²) in [6.45, 7) is 7.19. The van der Waals surface area contributed by atoms with Crippen LogP contribution < -0.4 is 0 Å². The summed E-state index contributed by atoms with van der Waals surface area (Å²) in [5.74, 6) is 0.287. The van der Waals surface area contributed by atoms with Crippen molar-refractivity contribution in [1.82, 2.24) is 4.90 Å². The van der Waals surface area contributed by atoms with Crippen LogP contribution in [0, 0.1) is 18.8 Å². The van der Waals surface area contributed by atoms with Crippen molar-refractivity contribution in [3.63, 3.8) is 0 Å². The summed E-state index contributed by atoms with van der Waals surface area (Å²) in [7, 11) is 0. The third-order valence-electron chi connectivity index (χ3n) is 3.93. The zero-order valence-electron chi connectivity index (χ0n) is 12.6. The maximum Gasteiger partial charge on any atom is 0.225 e. The highest BCUT2D eigenvalue weighted by Gasteiger charge is 2.29. The second-order valence-electron chi connectivity index (χ2n) is 6.01. The minimum atomic E-state index is -0.0471. The number of hydrogen-bond donors (Lipinski definition) is 0. The Morgan fingerprint density at radius 3 is 2.45 bits per heavy atom. The molecule has 3 nitrogen and oxygen atoms in total. The molecule has 108 valence electrons. The molecule has 3 heteroatoms. The first kappa shape index (κ1) is 14.8. The smallest absolute Gasteiger partial charge is 0.225 e. The molecule has 1 atom stereocenters. The third-order valence-corrected chi connectivity index (χ3v) is 3.93. The average molecular weight is 273 g/mol. The van der Waals surface area contributed by atoms with E-state index in [0.29, 0.717) is 6.54 Å². The zero-order chi connectivity index (χ0) is 14.7. The molecule has 2 rings (SSSR count). The number of benzene rings is 1. The van der Waals surface area contributed by atoms with E-state index in [2.05, 4.69) is 0 Å². The molecule has 1 unspecified atom stereocenters. The summed E-state index contributed by atoms with van der Waals surface area (Å²) >= 11 is 0. The standard InChI is InChI=1S/C17H23NO2/c1-12(2)17(20)18-10-4-5-15(11-18)16(19)14-8-6-13(3)7-9-14/h6-9,12,15H,4-5,10-11H2,1-3H3. The normalized spacial score (nSPS) is 19.2. The van der Waals surface area contributed by atoms with E-state index < -0.39 is 0 Å². The molecule has 20 heavy (non-hydrogen) atoms. The van der Waals surface area contributed by atoms with Gasteiger partial charge in [0.1, 0.15) is 0 Å². The molecule has 0 saturated carbocycles. The Morgan fingerprint density at radius 2 is 1.85 bits per heavy atom. The number of rotatable bonds is 3. The van der Waals surface area contributed by atoms with Crippen molar-refractivity contribution in [2.75, 3.05) is 13.1 Å². The van der Waals surface area contributed by atoms with Gasteiger partial charge in [0.15, 0.2) is 5.78 Å². The van der Waals surface area contributed by atoms with Crippen molar-refractivity contribution in [2.24, 2.45) is 11.8 Å². The van der Waals surface area contributed by atoms with Crippen LogP contribution in [0.1, 0.15) is 42.6 Å². The predicted octanol–water partition coefficient (Wildman–Crippen LogP) is 3.07. The van der Waals surface area contributed by atoms with Crippen LogP contribution in [0.15, 0.2) is 24.3 Å². The number of aryl methyl sites for hydroxylation is 1. The van der Waals surface area contributed by atoms with Crippen molar-refractivity contribution in [2.45, 2.75) is 33.6 Å². The third kappa shape index (κ3) is 3.27. The molecule has 0 radical (unpaired) electrons. The van der Waals surface area contributed by atoms with Gasteiger partial charge in [0.05, 0.1) is 0 Å². The number of carbonyl (C=O) groups is 2. The van der Waals surface area contributed by atoms with Crippen LogP contribution in [-0.2, 0) is 4.79 Å². The summed E-state index contributed by atoms with van der Waals surface area (Å²) in [5, 5.41) is 0. The highest BCUT2D eigenvalue weighted by atomic mass is 16.2. The molecule has 1 aromatic carbocycles. The highest BCUT2D eigenvalue weighted by Crippen LogP contribution is 2.22. The maximum atomic E-state index is 12.5. The summed E-state index contributed by atoms with van der Waals surface area (Å²) in [6, 6.07) is 7.71. The molecular formula is C17H23NO2. The van der Waals surface area contributed by atoms with Gasteiger partial charge < -0.3 is 4.90 Å². The number of piperidine rings is 1. The van der Waals surface area contributed by atoms with Gasteiger partial charge in [-0.25, -0.2) is 0 Å². The van der Waals surface area contributed by atoms with E-state index in [1.54, 1.807) is 0 Å². The molecule has 1 aliphatic heterocycles. The van der Waals surface area contributed by atoms with E-state index in [1.807, 2.05) is 49.9 Å². The van der Waals surface area contributed by atoms with Crippen LogP contribution in [0.25, 0.3) is 0 Å². The number of amides is 1. The Hall–Kier alpha value is -1.64. The van der Waals surface area contributed by atoms with Crippen LogP contribution in [0.4, 0.5) is 0 Å². The fourth-order valence-electron chi connectivity index (χ4n) is 2.71. The first-order valence-corrected chi connectivity index (χ1v) is 7.38. The molecule has 1 heterocycles. The SMILES string of the molecule is Cc1ccc(C(=O)C2CCCN(C(=O)C(C)C)C2)cc1. The predicted molar refractivity (Wildman–Crippen MR) is 79.7 cm³/mol. The fraction of sp³-hybridized carbons (Fsp3) is 0.529. The zero-order valence-corrected chi connectivity index (χ0v) is 12.6. The van der Waals surface area contributed by atoms with E-state index in [-0.39, 0.29) is 23.5 Å². The minimum absolute atomic E-state index is 0.00299. The second-order valence-corrected chi connectivity index (χ2v) is 6.01. The monoisotopic (exact) mass is 273 g/mol. The lowest BCUT2D eigenvalue weighted by Crippen LogP contribution is -2.44. The van der Waals surface area contributed by atoms with Crippen molar-refractivity contribution >= 4 is 11.7 Å². The van der Waals surface area contributed by atoms with Gasteiger partial charge in [-0.3, -0.25) is 9.59 Å². The lowest BCUT2D eigenvalue weighted by molar-refractivity contribution is -0.135. The summed E-state index contributed by atoms with van der Waals surface area (Å²) in [5.41, 5.74) is 1.92. The van der Waals surface area contributed by atoms with E-state index in [1.165, 1.54) is 0 Å². The van der Waals surface area contributed by atoms with Gasteiger partial charge in [0, 0.05) is 30.5 Å². The van der Waals surface area contributed by atoms with Gasteiger partial charge >= 0.3 is 0 Å². The molecule has 0 N–H and O–H groups in total. The number of Topliss-reactive ketones (excluding diaryl/α,β-unsaturated/α-hetero) is 1. The van der Waals surface area contributed by atoms with Crippen LogP contribution in [0.2, 0.25) is 0 Å². The van der Waals surface area contributed by atoms with Crippen LogP contribution in [0.5, 0.6) is 0 Å². The molecule has 1 aliphatic rings. The Morgan fingerprint density at radius 1 is 1.20 bits per heavy atom. The molecule has 0 aliphatic carbocycles. The van der Waals surface area contributed by atoms with Crippen molar-refractivity contribution in [1.29, 1.82) is 0 Å². The Balaban J connectivity index is 2.07. The summed E-state index contributed by atoms with van der Waals surface area (Å²) in [6.07, 6.45) is 1.80. The molecular weight excluding hydrogens is 250 g/mol. The van der Waals surface area contributed by atoms with Crippen molar-refractivity contribution < 1.29 is 9.59 Å². The van der Waals surface area contributed by atoms with Crippen molar-refractivity contribution in [3.8, 4) is 0 Å². The quantitative estimate of drug-likeness (QED) is 0.794. The first-order chi connectivity index (χ1) is 9.49. The number of nitrogens with zero attached hydrogens (tertiary/aromatic N) is 1.